The van der Waals surface area contributed by atoms with Crippen molar-refractivity contribution in [2.75, 3.05) is 11.9 Å². The van der Waals surface area contributed by atoms with E-state index in [1.165, 1.54) is 0 Å². The van der Waals surface area contributed by atoms with Crippen molar-refractivity contribution in [2.45, 2.75) is 25.3 Å². The lowest BCUT2D eigenvalue weighted by molar-refractivity contribution is 0.222. The van der Waals surface area contributed by atoms with Crippen molar-refractivity contribution in [3.05, 3.63) is 17.5 Å². The molecule has 0 radical (unpaired) electrons. The van der Waals surface area contributed by atoms with Crippen LogP contribution < -0.4 is 5.32 Å². The number of aromatic nitrogens is 2. The molecule has 2 N–H and O–H groups in total. The van der Waals surface area contributed by atoms with Gasteiger partial charge in [-0.25, -0.2) is 9.97 Å². The van der Waals surface area contributed by atoms with E-state index >= 15 is 0 Å². The van der Waals surface area contributed by atoms with Gasteiger partial charge in [-0.05, 0) is 30.5 Å². The summed E-state index contributed by atoms with van der Waals surface area (Å²) in [6, 6.07) is 2.10. The Bertz CT molecular complexity index is 334. The SMILES string of the molecule is OCC1CCCC1Nc1ccnc(Cl)n1. The second-order valence-electron chi connectivity index (χ2n) is 3.84. The lowest BCUT2D eigenvalue weighted by Gasteiger charge is -2.19. The number of nitrogens with one attached hydrogen (secondary N) is 1. The number of aliphatic hydroxyl groups excluding tert-OH is 1. The van der Waals surface area contributed by atoms with Gasteiger partial charge in [-0.15, -0.1) is 0 Å². The Hall–Kier alpha value is -0.870. The average molecular weight is 228 g/mol. The van der Waals surface area contributed by atoms with Crippen LogP contribution in [0.25, 0.3) is 0 Å². The first-order chi connectivity index (χ1) is 7.29. The standard InChI is InChI=1S/C10H14ClN3O/c11-10-12-5-4-9(14-10)13-8-3-1-2-7(8)6-15/h4-5,7-8,15H,1-3,6H2,(H,12,13,14). The number of rotatable bonds is 3. The molecule has 0 spiro atoms. The van der Waals surface area contributed by atoms with E-state index in [-0.39, 0.29) is 11.9 Å². The van der Waals surface area contributed by atoms with Crippen LogP contribution in [0.15, 0.2) is 12.3 Å². The Balaban J connectivity index is 2.02. The minimum atomic E-state index is 0.233. The third-order valence-electron chi connectivity index (χ3n) is 2.85. The zero-order chi connectivity index (χ0) is 10.7. The van der Waals surface area contributed by atoms with Gasteiger partial charge in [0.15, 0.2) is 0 Å². The van der Waals surface area contributed by atoms with Gasteiger partial charge < -0.3 is 10.4 Å². The molecule has 2 rings (SSSR count). The highest BCUT2D eigenvalue weighted by molar-refractivity contribution is 6.28. The fourth-order valence-corrected chi connectivity index (χ4v) is 2.20. The number of hydrogen-bond donors (Lipinski definition) is 2. The van der Waals surface area contributed by atoms with Gasteiger partial charge in [0, 0.05) is 24.8 Å². The van der Waals surface area contributed by atoms with Crippen LogP contribution in [0.3, 0.4) is 0 Å². The van der Waals surface area contributed by atoms with Crippen molar-refractivity contribution < 1.29 is 5.11 Å². The lowest BCUT2D eigenvalue weighted by Crippen LogP contribution is -2.26. The van der Waals surface area contributed by atoms with E-state index < -0.39 is 0 Å². The zero-order valence-corrected chi connectivity index (χ0v) is 9.11. The molecule has 5 heteroatoms. The minimum Gasteiger partial charge on any atom is -0.396 e. The molecule has 0 amide bonds. The number of aliphatic hydroxyl groups is 1. The Morgan fingerprint density at radius 1 is 1.53 bits per heavy atom. The highest BCUT2D eigenvalue weighted by atomic mass is 35.5. The second-order valence-corrected chi connectivity index (χ2v) is 4.17. The largest absolute Gasteiger partial charge is 0.396 e. The first kappa shape index (κ1) is 10.6. The number of halogens is 1. The molecule has 1 aliphatic carbocycles. The van der Waals surface area contributed by atoms with Crippen molar-refractivity contribution in [1.29, 1.82) is 0 Å². The van der Waals surface area contributed by atoms with E-state index in [0.717, 1.165) is 25.1 Å². The van der Waals surface area contributed by atoms with Crippen molar-refractivity contribution in [3.63, 3.8) is 0 Å². The first-order valence-electron chi connectivity index (χ1n) is 5.15. The molecule has 1 fully saturated rings. The average Bonchev–Trinajstić information content (AvgIpc) is 2.65. The van der Waals surface area contributed by atoms with E-state index in [9.17, 15) is 5.11 Å². The maximum absolute atomic E-state index is 9.17. The maximum atomic E-state index is 9.17. The molecule has 1 aromatic rings. The second kappa shape index (κ2) is 4.77. The zero-order valence-electron chi connectivity index (χ0n) is 8.36. The molecule has 0 saturated heterocycles. The Kier molecular flexibility index (Phi) is 3.38. The summed E-state index contributed by atoms with van der Waals surface area (Å²) in [7, 11) is 0. The van der Waals surface area contributed by atoms with Gasteiger partial charge in [0.2, 0.25) is 5.28 Å². The van der Waals surface area contributed by atoms with E-state index in [0.29, 0.717) is 12.0 Å². The van der Waals surface area contributed by atoms with Gasteiger partial charge in [-0.3, -0.25) is 0 Å². The fraction of sp³-hybridized carbons (Fsp3) is 0.600. The smallest absolute Gasteiger partial charge is 0.224 e. The molecule has 2 unspecified atom stereocenters. The fourth-order valence-electron chi connectivity index (χ4n) is 2.05. The van der Waals surface area contributed by atoms with Crippen LogP contribution in [0.4, 0.5) is 5.82 Å². The molecule has 82 valence electrons. The Morgan fingerprint density at radius 3 is 3.13 bits per heavy atom. The molecular formula is C10H14ClN3O. The number of nitrogens with zero attached hydrogens (tertiary/aromatic N) is 2. The first-order valence-corrected chi connectivity index (χ1v) is 5.53. The summed E-state index contributed by atoms with van der Waals surface area (Å²) in [5.41, 5.74) is 0. The lowest BCUT2D eigenvalue weighted by atomic mass is 10.1. The van der Waals surface area contributed by atoms with E-state index in [1.54, 1.807) is 12.3 Å². The summed E-state index contributed by atoms with van der Waals surface area (Å²) in [5, 5.41) is 12.7. The Morgan fingerprint density at radius 2 is 2.40 bits per heavy atom. The van der Waals surface area contributed by atoms with Crippen molar-refractivity contribution >= 4 is 17.4 Å². The molecule has 0 aromatic carbocycles. The van der Waals surface area contributed by atoms with Crippen molar-refractivity contribution in [1.82, 2.24) is 9.97 Å². The molecule has 1 saturated carbocycles. The van der Waals surface area contributed by atoms with E-state index in [2.05, 4.69) is 15.3 Å². The third-order valence-corrected chi connectivity index (χ3v) is 3.04. The molecule has 0 bridgehead atoms. The summed E-state index contributed by atoms with van der Waals surface area (Å²) in [4.78, 5) is 7.89. The van der Waals surface area contributed by atoms with Gasteiger partial charge >= 0.3 is 0 Å². The van der Waals surface area contributed by atoms with Gasteiger partial charge in [-0.1, -0.05) is 6.42 Å². The number of hydrogen-bond acceptors (Lipinski definition) is 4. The predicted molar refractivity (Wildman–Crippen MR) is 58.9 cm³/mol. The molecule has 1 aliphatic rings. The van der Waals surface area contributed by atoms with Crippen molar-refractivity contribution in [3.8, 4) is 0 Å². The highest BCUT2D eigenvalue weighted by Gasteiger charge is 2.26. The highest BCUT2D eigenvalue weighted by Crippen LogP contribution is 2.27. The normalized spacial score (nSPS) is 25.5. The monoisotopic (exact) mass is 227 g/mol. The molecular weight excluding hydrogens is 214 g/mol. The topological polar surface area (TPSA) is 58.0 Å². The van der Waals surface area contributed by atoms with Crippen LogP contribution in [0, 0.1) is 5.92 Å². The number of anilines is 1. The third kappa shape index (κ3) is 2.58. The molecule has 1 aromatic heterocycles. The minimum absolute atomic E-state index is 0.233. The predicted octanol–water partition coefficient (Wildman–Crippen LogP) is 1.70. The quantitative estimate of drug-likeness (QED) is 0.772. The molecule has 1 heterocycles. The van der Waals surface area contributed by atoms with Gasteiger partial charge in [0.25, 0.3) is 0 Å². The van der Waals surface area contributed by atoms with Crippen LogP contribution in [-0.4, -0.2) is 27.7 Å². The molecule has 15 heavy (non-hydrogen) atoms. The summed E-state index contributed by atoms with van der Waals surface area (Å²) in [6.45, 7) is 0.233. The van der Waals surface area contributed by atoms with E-state index in [4.69, 9.17) is 11.6 Å². The van der Waals surface area contributed by atoms with Crippen LogP contribution >= 0.6 is 11.6 Å². The van der Waals surface area contributed by atoms with E-state index in [1.807, 2.05) is 0 Å². The van der Waals surface area contributed by atoms with Crippen LogP contribution in [0.5, 0.6) is 0 Å². The molecule has 4 nitrogen and oxygen atoms in total. The summed E-state index contributed by atoms with van der Waals surface area (Å²) >= 11 is 5.69. The van der Waals surface area contributed by atoms with Crippen LogP contribution in [0.1, 0.15) is 19.3 Å². The van der Waals surface area contributed by atoms with Gasteiger partial charge in [0.1, 0.15) is 5.82 Å². The van der Waals surface area contributed by atoms with Crippen LogP contribution in [0.2, 0.25) is 5.28 Å². The summed E-state index contributed by atoms with van der Waals surface area (Å²) < 4.78 is 0. The van der Waals surface area contributed by atoms with Gasteiger partial charge in [0.05, 0.1) is 0 Å². The maximum Gasteiger partial charge on any atom is 0.224 e. The van der Waals surface area contributed by atoms with Crippen molar-refractivity contribution in [2.24, 2.45) is 5.92 Å². The molecule has 2 atom stereocenters. The summed E-state index contributed by atoms with van der Waals surface area (Å²) in [5.74, 6) is 1.07. The van der Waals surface area contributed by atoms with Crippen LogP contribution in [-0.2, 0) is 0 Å². The van der Waals surface area contributed by atoms with Gasteiger partial charge in [-0.2, -0.15) is 0 Å². The summed E-state index contributed by atoms with van der Waals surface area (Å²) in [6.07, 6.45) is 4.93. The molecule has 0 aliphatic heterocycles. The Labute approximate surface area is 93.7 Å².